The van der Waals surface area contributed by atoms with Gasteiger partial charge in [0, 0.05) is 42.5 Å². The van der Waals surface area contributed by atoms with E-state index in [2.05, 4.69) is 34.8 Å². The molecule has 1 fully saturated rings. The van der Waals surface area contributed by atoms with E-state index in [0.717, 1.165) is 60.6 Å². The SMILES string of the molecule is C[C@@H]1CCc2c(sc3nc(-c4cccnc4)nc(N4CCCN(C)CC4)c23)C1. The molecule has 1 aliphatic carbocycles. The van der Waals surface area contributed by atoms with Gasteiger partial charge in [0.1, 0.15) is 10.6 Å². The van der Waals surface area contributed by atoms with Crippen molar-refractivity contribution in [1.29, 1.82) is 0 Å². The van der Waals surface area contributed by atoms with Crippen molar-refractivity contribution in [2.24, 2.45) is 5.92 Å². The molecule has 3 aromatic heterocycles. The minimum Gasteiger partial charge on any atom is -0.355 e. The van der Waals surface area contributed by atoms with Crippen molar-refractivity contribution < 1.29 is 0 Å². The summed E-state index contributed by atoms with van der Waals surface area (Å²) >= 11 is 1.89. The number of likely N-dealkylation sites (N-methyl/N-ethyl adjacent to an activating group) is 1. The number of hydrogen-bond acceptors (Lipinski definition) is 6. The first-order chi connectivity index (χ1) is 13.7. The van der Waals surface area contributed by atoms with Crippen LogP contribution in [0.25, 0.3) is 21.6 Å². The average molecular weight is 394 g/mol. The Labute approximate surface area is 170 Å². The van der Waals surface area contributed by atoms with E-state index in [4.69, 9.17) is 9.97 Å². The lowest BCUT2D eigenvalue weighted by Crippen LogP contribution is -2.29. The fourth-order valence-corrected chi connectivity index (χ4v) is 5.81. The molecule has 1 saturated heterocycles. The zero-order chi connectivity index (χ0) is 19.1. The van der Waals surface area contributed by atoms with Crippen molar-refractivity contribution in [2.45, 2.75) is 32.6 Å². The molecule has 146 valence electrons. The van der Waals surface area contributed by atoms with Crippen LogP contribution >= 0.6 is 11.3 Å². The molecule has 0 saturated carbocycles. The van der Waals surface area contributed by atoms with Crippen LogP contribution in [0, 0.1) is 5.92 Å². The van der Waals surface area contributed by atoms with Crippen LogP contribution in [-0.2, 0) is 12.8 Å². The number of nitrogens with zero attached hydrogens (tertiary/aromatic N) is 5. The van der Waals surface area contributed by atoms with Gasteiger partial charge >= 0.3 is 0 Å². The Kier molecular flexibility index (Phi) is 4.77. The average Bonchev–Trinajstić information content (AvgIpc) is 2.93. The van der Waals surface area contributed by atoms with E-state index in [1.54, 1.807) is 6.20 Å². The first-order valence-electron chi connectivity index (χ1n) is 10.3. The topological polar surface area (TPSA) is 45.2 Å². The van der Waals surface area contributed by atoms with Crippen LogP contribution in [0.2, 0.25) is 0 Å². The van der Waals surface area contributed by atoms with E-state index < -0.39 is 0 Å². The van der Waals surface area contributed by atoms with Crippen molar-refractivity contribution in [3.63, 3.8) is 0 Å². The Morgan fingerprint density at radius 1 is 1.14 bits per heavy atom. The molecule has 5 rings (SSSR count). The third-order valence-corrected chi connectivity index (χ3v) is 7.22. The number of hydrogen-bond donors (Lipinski definition) is 0. The summed E-state index contributed by atoms with van der Waals surface area (Å²) in [7, 11) is 2.22. The van der Waals surface area contributed by atoms with Crippen LogP contribution in [0.1, 0.15) is 30.2 Å². The van der Waals surface area contributed by atoms with Crippen LogP contribution in [0.5, 0.6) is 0 Å². The molecular formula is C22H27N5S. The predicted molar refractivity (Wildman–Crippen MR) is 116 cm³/mol. The zero-order valence-electron chi connectivity index (χ0n) is 16.7. The highest BCUT2D eigenvalue weighted by atomic mass is 32.1. The number of thiophene rings is 1. The fraction of sp³-hybridized carbons (Fsp3) is 0.500. The molecule has 2 aliphatic rings. The van der Waals surface area contributed by atoms with Gasteiger partial charge in [-0.25, -0.2) is 9.97 Å². The van der Waals surface area contributed by atoms with E-state index in [9.17, 15) is 0 Å². The molecule has 0 N–H and O–H groups in total. The summed E-state index contributed by atoms with van der Waals surface area (Å²) in [5.74, 6) is 2.72. The molecule has 1 atom stereocenters. The molecule has 4 heterocycles. The number of aryl methyl sites for hydroxylation is 1. The highest BCUT2D eigenvalue weighted by Crippen LogP contribution is 2.42. The summed E-state index contributed by atoms with van der Waals surface area (Å²) in [6.07, 6.45) is 8.46. The van der Waals surface area contributed by atoms with E-state index >= 15 is 0 Å². The van der Waals surface area contributed by atoms with Crippen molar-refractivity contribution >= 4 is 27.4 Å². The molecule has 0 unspecified atom stereocenters. The second-order valence-electron chi connectivity index (χ2n) is 8.29. The highest BCUT2D eigenvalue weighted by molar-refractivity contribution is 7.19. The van der Waals surface area contributed by atoms with Crippen LogP contribution in [0.15, 0.2) is 24.5 Å². The minimum atomic E-state index is 0.765. The second kappa shape index (κ2) is 7.41. The molecule has 1 aliphatic heterocycles. The maximum absolute atomic E-state index is 5.12. The highest BCUT2D eigenvalue weighted by Gasteiger charge is 2.26. The lowest BCUT2D eigenvalue weighted by molar-refractivity contribution is 0.360. The number of pyridine rings is 1. The van der Waals surface area contributed by atoms with Crippen molar-refractivity contribution in [3.8, 4) is 11.4 Å². The predicted octanol–water partition coefficient (Wildman–Crippen LogP) is 4.02. The van der Waals surface area contributed by atoms with Gasteiger partial charge in [-0.2, -0.15) is 0 Å². The van der Waals surface area contributed by atoms with Crippen molar-refractivity contribution in [3.05, 3.63) is 35.0 Å². The van der Waals surface area contributed by atoms with Gasteiger partial charge in [0.2, 0.25) is 0 Å². The molecule has 0 spiro atoms. The lowest BCUT2D eigenvalue weighted by Gasteiger charge is -2.24. The zero-order valence-corrected chi connectivity index (χ0v) is 17.5. The van der Waals surface area contributed by atoms with Crippen LogP contribution in [0.3, 0.4) is 0 Å². The van der Waals surface area contributed by atoms with E-state index in [-0.39, 0.29) is 0 Å². The van der Waals surface area contributed by atoms with Crippen LogP contribution < -0.4 is 4.90 Å². The van der Waals surface area contributed by atoms with E-state index in [1.165, 1.54) is 35.1 Å². The van der Waals surface area contributed by atoms with E-state index in [1.807, 2.05) is 23.6 Å². The molecule has 0 radical (unpaired) electrons. The monoisotopic (exact) mass is 393 g/mol. The molecule has 0 bridgehead atoms. The van der Waals surface area contributed by atoms with Gasteiger partial charge in [0.05, 0.1) is 5.39 Å². The number of anilines is 1. The molecule has 0 amide bonds. The Bertz CT molecular complexity index is 984. The summed E-state index contributed by atoms with van der Waals surface area (Å²) in [4.78, 5) is 22.0. The van der Waals surface area contributed by atoms with Crippen LogP contribution in [-0.4, -0.2) is 53.1 Å². The molecule has 6 heteroatoms. The Morgan fingerprint density at radius 2 is 2.07 bits per heavy atom. The summed E-state index contributed by atoms with van der Waals surface area (Å²) in [6.45, 7) is 6.68. The molecular weight excluding hydrogens is 366 g/mol. The molecule has 28 heavy (non-hydrogen) atoms. The first kappa shape index (κ1) is 18.0. The summed E-state index contributed by atoms with van der Waals surface area (Å²) in [6, 6.07) is 4.02. The van der Waals surface area contributed by atoms with Crippen molar-refractivity contribution in [1.82, 2.24) is 19.9 Å². The third kappa shape index (κ3) is 3.29. The maximum Gasteiger partial charge on any atom is 0.164 e. The first-order valence-corrected chi connectivity index (χ1v) is 11.2. The molecule has 0 aromatic carbocycles. The largest absolute Gasteiger partial charge is 0.355 e. The maximum atomic E-state index is 5.12. The standard InChI is InChI=1S/C22H27N5S/c1-15-6-7-17-18(13-15)28-22-19(17)21(27-10-4-9-26(2)11-12-27)24-20(25-22)16-5-3-8-23-14-16/h3,5,8,14-15H,4,6-7,9-13H2,1-2H3/t15-/m1/s1. The fourth-order valence-electron chi connectivity index (χ4n) is 4.43. The lowest BCUT2D eigenvalue weighted by atomic mass is 9.89. The van der Waals surface area contributed by atoms with Gasteiger partial charge in [0.25, 0.3) is 0 Å². The number of fused-ring (bicyclic) bond motifs is 3. The number of aromatic nitrogens is 3. The smallest absolute Gasteiger partial charge is 0.164 e. The van der Waals surface area contributed by atoms with Crippen molar-refractivity contribution in [2.75, 3.05) is 38.1 Å². The normalized spacial score (nSPS) is 20.9. The molecule has 5 nitrogen and oxygen atoms in total. The Balaban J connectivity index is 1.68. The second-order valence-corrected chi connectivity index (χ2v) is 9.37. The van der Waals surface area contributed by atoms with E-state index in [0.29, 0.717) is 0 Å². The summed E-state index contributed by atoms with van der Waals surface area (Å²) < 4.78 is 0. The summed E-state index contributed by atoms with van der Waals surface area (Å²) in [5, 5.41) is 1.32. The Morgan fingerprint density at radius 3 is 2.93 bits per heavy atom. The van der Waals surface area contributed by atoms with Gasteiger partial charge < -0.3 is 9.80 Å². The van der Waals surface area contributed by atoms with Crippen LogP contribution in [0.4, 0.5) is 5.82 Å². The van der Waals surface area contributed by atoms with Gasteiger partial charge in [0.15, 0.2) is 5.82 Å². The van der Waals surface area contributed by atoms with Gasteiger partial charge in [-0.15, -0.1) is 11.3 Å². The number of rotatable bonds is 2. The third-order valence-electron chi connectivity index (χ3n) is 6.07. The molecule has 3 aromatic rings. The van der Waals surface area contributed by atoms with Gasteiger partial charge in [-0.1, -0.05) is 6.92 Å². The minimum absolute atomic E-state index is 0.765. The van der Waals surface area contributed by atoms with Gasteiger partial charge in [-0.05, 0) is 62.9 Å². The van der Waals surface area contributed by atoms with Gasteiger partial charge in [-0.3, -0.25) is 4.98 Å². The Hall–Kier alpha value is -2.05. The summed E-state index contributed by atoms with van der Waals surface area (Å²) in [5.41, 5.74) is 2.51. The quantitative estimate of drug-likeness (QED) is 0.658.